The Labute approximate surface area is 169 Å². The van der Waals surface area contributed by atoms with E-state index >= 15 is 0 Å². The van der Waals surface area contributed by atoms with Crippen molar-refractivity contribution in [2.75, 3.05) is 13.2 Å². The summed E-state index contributed by atoms with van der Waals surface area (Å²) in [5.41, 5.74) is 9.50. The van der Waals surface area contributed by atoms with Crippen molar-refractivity contribution in [3.8, 4) is 11.1 Å². The van der Waals surface area contributed by atoms with Gasteiger partial charge in [0.15, 0.2) is 0 Å². The summed E-state index contributed by atoms with van der Waals surface area (Å²) in [5.74, 6) is -1.92. The lowest BCUT2D eigenvalue weighted by Crippen LogP contribution is -2.46. The third-order valence-electron chi connectivity index (χ3n) is 5.24. The first kappa shape index (κ1) is 20.4. The number of aliphatic carboxylic acids is 1. The number of carbonyl (C=O) groups is 3. The van der Waals surface area contributed by atoms with E-state index in [0.29, 0.717) is 0 Å². The van der Waals surface area contributed by atoms with Crippen LogP contribution in [-0.4, -0.2) is 47.2 Å². The van der Waals surface area contributed by atoms with Gasteiger partial charge in [0, 0.05) is 18.9 Å². The minimum atomic E-state index is -1.19. The van der Waals surface area contributed by atoms with Gasteiger partial charge in [0.2, 0.25) is 5.91 Å². The summed E-state index contributed by atoms with van der Waals surface area (Å²) in [6.07, 6.45) is -0.890. The topological polar surface area (TPSA) is 110 Å². The van der Waals surface area contributed by atoms with Gasteiger partial charge in [0.05, 0.1) is 0 Å². The Hall–Kier alpha value is -3.35. The third kappa shape index (κ3) is 4.23. The van der Waals surface area contributed by atoms with Crippen LogP contribution in [0.1, 0.15) is 36.8 Å². The molecule has 0 fully saturated rings. The number of hydrogen-bond acceptors (Lipinski definition) is 4. The number of nitrogens with two attached hydrogens (primary N) is 1. The Bertz CT molecular complexity index is 881. The summed E-state index contributed by atoms with van der Waals surface area (Å²) in [6, 6.07) is 14.8. The quantitative estimate of drug-likeness (QED) is 0.713. The van der Waals surface area contributed by atoms with Crippen LogP contribution in [0, 0.1) is 0 Å². The SMILES string of the molecule is CCN(C(=O)OCC1c2ccccc2-c2ccccc21)C(CCC(N)=O)C(=O)O. The van der Waals surface area contributed by atoms with Gasteiger partial charge < -0.3 is 15.6 Å². The average Bonchev–Trinajstić information content (AvgIpc) is 3.02. The number of hydrogen-bond donors (Lipinski definition) is 2. The predicted molar refractivity (Wildman–Crippen MR) is 107 cm³/mol. The lowest BCUT2D eigenvalue weighted by Gasteiger charge is -2.27. The van der Waals surface area contributed by atoms with Crippen LogP contribution in [0.2, 0.25) is 0 Å². The zero-order chi connectivity index (χ0) is 21.0. The van der Waals surface area contributed by atoms with Crippen LogP contribution in [0.4, 0.5) is 4.79 Å². The minimum absolute atomic E-state index is 0.0529. The fraction of sp³-hybridized carbons (Fsp3) is 0.318. The first-order valence-corrected chi connectivity index (χ1v) is 9.56. The van der Waals surface area contributed by atoms with E-state index in [2.05, 4.69) is 0 Å². The summed E-state index contributed by atoms with van der Waals surface area (Å²) in [4.78, 5) is 36.4. The molecule has 2 aromatic rings. The number of fused-ring (bicyclic) bond motifs is 3. The average molecular weight is 396 g/mol. The minimum Gasteiger partial charge on any atom is -0.480 e. The molecule has 152 valence electrons. The van der Waals surface area contributed by atoms with Gasteiger partial charge >= 0.3 is 12.1 Å². The summed E-state index contributed by atoms with van der Waals surface area (Å²) in [7, 11) is 0. The van der Waals surface area contributed by atoms with Crippen molar-refractivity contribution in [3.05, 3.63) is 59.7 Å². The predicted octanol–water partition coefficient (Wildman–Crippen LogP) is 2.98. The molecule has 3 rings (SSSR count). The molecule has 3 N–H and O–H groups in total. The van der Waals surface area contributed by atoms with Crippen molar-refractivity contribution in [2.24, 2.45) is 5.73 Å². The fourth-order valence-electron chi connectivity index (χ4n) is 3.85. The molecule has 2 aromatic carbocycles. The standard InChI is InChI=1S/C22H24N2O5/c1-2-24(19(21(26)27)11-12-20(23)25)22(28)29-13-18-16-9-5-3-7-14(16)15-8-4-6-10-17(15)18/h3-10,18-19H,2,11-13H2,1H3,(H2,23,25)(H,26,27). The van der Waals surface area contributed by atoms with E-state index in [1.807, 2.05) is 48.5 Å². The highest BCUT2D eigenvalue weighted by Crippen LogP contribution is 2.44. The second kappa shape index (κ2) is 8.77. The Kier molecular flexibility index (Phi) is 6.16. The zero-order valence-corrected chi connectivity index (χ0v) is 16.2. The van der Waals surface area contributed by atoms with Crippen LogP contribution < -0.4 is 5.73 Å². The van der Waals surface area contributed by atoms with E-state index < -0.39 is 24.0 Å². The zero-order valence-electron chi connectivity index (χ0n) is 16.2. The molecule has 0 aromatic heterocycles. The van der Waals surface area contributed by atoms with E-state index in [-0.39, 0.29) is 31.9 Å². The number of nitrogens with zero attached hydrogens (tertiary/aromatic N) is 1. The van der Waals surface area contributed by atoms with Gasteiger partial charge in [-0.15, -0.1) is 0 Å². The summed E-state index contributed by atoms with van der Waals surface area (Å²) in [5, 5.41) is 9.48. The van der Waals surface area contributed by atoms with Gasteiger partial charge in [-0.25, -0.2) is 9.59 Å². The maximum Gasteiger partial charge on any atom is 0.410 e. The first-order valence-electron chi connectivity index (χ1n) is 9.56. The molecule has 7 nitrogen and oxygen atoms in total. The lowest BCUT2D eigenvalue weighted by molar-refractivity contribution is -0.143. The van der Waals surface area contributed by atoms with Crippen LogP contribution in [-0.2, 0) is 14.3 Å². The number of rotatable bonds is 8. The van der Waals surface area contributed by atoms with Crippen molar-refractivity contribution in [1.29, 1.82) is 0 Å². The highest BCUT2D eigenvalue weighted by Gasteiger charge is 2.33. The Morgan fingerprint density at radius 3 is 2.10 bits per heavy atom. The molecule has 0 bridgehead atoms. The molecule has 1 unspecified atom stereocenters. The second-order valence-corrected chi connectivity index (χ2v) is 6.95. The van der Waals surface area contributed by atoms with Gasteiger partial charge in [-0.05, 0) is 35.6 Å². The Morgan fingerprint density at radius 2 is 1.62 bits per heavy atom. The van der Waals surface area contributed by atoms with E-state index in [9.17, 15) is 19.5 Å². The van der Waals surface area contributed by atoms with Crippen LogP contribution in [0.3, 0.4) is 0 Å². The molecule has 1 aliphatic carbocycles. The van der Waals surface area contributed by atoms with E-state index in [4.69, 9.17) is 10.5 Å². The number of benzene rings is 2. The summed E-state index contributed by atoms with van der Waals surface area (Å²) < 4.78 is 5.54. The first-order chi connectivity index (χ1) is 13.9. The van der Waals surface area contributed by atoms with Crippen molar-refractivity contribution < 1.29 is 24.2 Å². The molecule has 2 amide bonds. The monoisotopic (exact) mass is 396 g/mol. The van der Waals surface area contributed by atoms with Crippen LogP contribution in [0.5, 0.6) is 0 Å². The van der Waals surface area contributed by atoms with Crippen LogP contribution in [0.15, 0.2) is 48.5 Å². The molecule has 0 saturated heterocycles. The van der Waals surface area contributed by atoms with Crippen molar-refractivity contribution in [3.63, 3.8) is 0 Å². The molecule has 1 aliphatic rings. The number of ether oxygens (including phenoxy) is 1. The van der Waals surface area contributed by atoms with Crippen molar-refractivity contribution in [1.82, 2.24) is 4.90 Å². The highest BCUT2D eigenvalue weighted by molar-refractivity contribution is 5.82. The molecule has 1 atom stereocenters. The molecule has 0 heterocycles. The molecule has 0 spiro atoms. The fourth-order valence-corrected chi connectivity index (χ4v) is 3.85. The van der Waals surface area contributed by atoms with Crippen LogP contribution >= 0.6 is 0 Å². The largest absolute Gasteiger partial charge is 0.480 e. The van der Waals surface area contributed by atoms with E-state index in [0.717, 1.165) is 27.2 Å². The van der Waals surface area contributed by atoms with Crippen molar-refractivity contribution >= 4 is 18.0 Å². The Balaban J connectivity index is 1.75. The van der Waals surface area contributed by atoms with Gasteiger partial charge in [-0.3, -0.25) is 9.69 Å². The summed E-state index contributed by atoms with van der Waals surface area (Å²) >= 11 is 0. The third-order valence-corrected chi connectivity index (χ3v) is 5.24. The number of carboxylic acid groups (broad SMARTS) is 1. The molecule has 29 heavy (non-hydrogen) atoms. The maximum absolute atomic E-state index is 12.7. The molecule has 0 saturated carbocycles. The maximum atomic E-state index is 12.7. The highest BCUT2D eigenvalue weighted by atomic mass is 16.6. The smallest absolute Gasteiger partial charge is 0.410 e. The molecule has 7 heteroatoms. The number of amides is 2. The second-order valence-electron chi connectivity index (χ2n) is 6.95. The number of primary amides is 1. The van der Waals surface area contributed by atoms with Crippen LogP contribution in [0.25, 0.3) is 11.1 Å². The normalized spacial score (nSPS) is 13.3. The molecular formula is C22H24N2O5. The molecular weight excluding hydrogens is 372 g/mol. The summed E-state index contributed by atoms with van der Waals surface area (Å²) in [6.45, 7) is 1.92. The van der Waals surface area contributed by atoms with E-state index in [1.54, 1.807) is 6.92 Å². The van der Waals surface area contributed by atoms with Crippen molar-refractivity contribution in [2.45, 2.75) is 31.7 Å². The molecule has 0 radical (unpaired) electrons. The number of likely N-dealkylation sites (N-methyl/N-ethyl adjacent to an activating group) is 1. The number of carboxylic acids is 1. The number of carbonyl (C=O) groups excluding carboxylic acids is 2. The lowest BCUT2D eigenvalue weighted by atomic mass is 9.98. The van der Waals surface area contributed by atoms with Gasteiger partial charge in [0.1, 0.15) is 12.6 Å². The van der Waals surface area contributed by atoms with Gasteiger partial charge in [-0.1, -0.05) is 48.5 Å². The Morgan fingerprint density at radius 1 is 1.07 bits per heavy atom. The van der Waals surface area contributed by atoms with Gasteiger partial charge in [0.25, 0.3) is 0 Å². The molecule has 0 aliphatic heterocycles. The van der Waals surface area contributed by atoms with E-state index in [1.165, 1.54) is 0 Å². The van der Waals surface area contributed by atoms with Gasteiger partial charge in [-0.2, -0.15) is 0 Å².